The van der Waals surface area contributed by atoms with Crippen LogP contribution in [0.2, 0.25) is 0 Å². The smallest absolute Gasteiger partial charge is 0.323 e. The van der Waals surface area contributed by atoms with Crippen LogP contribution < -0.4 is 10.5 Å². The first-order valence-electron chi connectivity index (χ1n) is 6.59. The number of halogens is 1. The van der Waals surface area contributed by atoms with Gasteiger partial charge in [0.25, 0.3) is 0 Å². The third-order valence-electron chi connectivity index (χ3n) is 2.81. The molecule has 0 aromatic heterocycles. The molecule has 1 aromatic rings. The lowest BCUT2D eigenvalue weighted by atomic mass is 10.0. The van der Waals surface area contributed by atoms with Crippen molar-refractivity contribution in [2.75, 3.05) is 0 Å². The molecule has 1 aromatic carbocycles. The van der Waals surface area contributed by atoms with Crippen molar-refractivity contribution in [1.29, 1.82) is 0 Å². The molecule has 114 valence electrons. The number of hydrogen-bond donors (Lipinski definition) is 1. The standard InChI is InChI=1S/C15H23NO3.ClH/c1-10(2)14(12(4)18-15(17)11(3)16)19-13-8-6-5-7-9-13;/h5-12,14H,16H2,1-4H3;1H/t11-,12-,14+;/m1./s1. The number of carbonyl (C=O) groups is 1. The minimum Gasteiger partial charge on any atom is -0.486 e. The van der Waals surface area contributed by atoms with Crippen molar-refractivity contribution in [3.8, 4) is 5.75 Å². The number of para-hydroxylation sites is 1. The summed E-state index contributed by atoms with van der Waals surface area (Å²) >= 11 is 0. The van der Waals surface area contributed by atoms with E-state index in [1.165, 1.54) is 0 Å². The van der Waals surface area contributed by atoms with Crippen LogP contribution in [-0.2, 0) is 9.53 Å². The minimum absolute atomic E-state index is 0. The molecule has 0 heterocycles. The van der Waals surface area contributed by atoms with Gasteiger partial charge in [0, 0.05) is 0 Å². The summed E-state index contributed by atoms with van der Waals surface area (Å²) in [5.74, 6) is 0.579. The lowest BCUT2D eigenvalue weighted by Crippen LogP contribution is -2.41. The van der Waals surface area contributed by atoms with Gasteiger partial charge in [0.1, 0.15) is 24.0 Å². The lowest BCUT2D eigenvalue weighted by molar-refractivity contribution is -0.155. The zero-order valence-corrected chi connectivity index (χ0v) is 13.2. The van der Waals surface area contributed by atoms with Crippen LogP contribution in [0.3, 0.4) is 0 Å². The van der Waals surface area contributed by atoms with E-state index in [-0.39, 0.29) is 30.5 Å². The molecule has 0 aliphatic heterocycles. The summed E-state index contributed by atoms with van der Waals surface area (Å²) in [4.78, 5) is 11.5. The molecule has 0 amide bonds. The van der Waals surface area contributed by atoms with Gasteiger partial charge < -0.3 is 15.2 Å². The van der Waals surface area contributed by atoms with Crippen molar-refractivity contribution in [3.05, 3.63) is 30.3 Å². The van der Waals surface area contributed by atoms with Crippen LogP contribution in [-0.4, -0.2) is 24.2 Å². The highest BCUT2D eigenvalue weighted by Gasteiger charge is 2.27. The molecule has 0 aliphatic carbocycles. The molecule has 3 atom stereocenters. The number of hydrogen-bond acceptors (Lipinski definition) is 4. The first-order chi connectivity index (χ1) is 8.91. The summed E-state index contributed by atoms with van der Waals surface area (Å²) in [5, 5.41) is 0. The summed E-state index contributed by atoms with van der Waals surface area (Å²) in [6, 6.07) is 8.89. The van der Waals surface area contributed by atoms with Crippen molar-refractivity contribution in [3.63, 3.8) is 0 Å². The van der Waals surface area contributed by atoms with Gasteiger partial charge in [-0.05, 0) is 31.9 Å². The Morgan fingerprint density at radius 2 is 1.65 bits per heavy atom. The van der Waals surface area contributed by atoms with E-state index in [4.69, 9.17) is 15.2 Å². The fourth-order valence-corrected chi connectivity index (χ4v) is 1.79. The van der Waals surface area contributed by atoms with Crippen molar-refractivity contribution in [2.45, 2.75) is 45.9 Å². The van der Waals surface area contributed by atoms with Crippen molar-refractivity contribution in [1.82, 2.24) is 0 Å². The maximum atomic E-state index is 11.5. The quantitative estimate of drug-likeness (QED) is 0.821. The van der Waals surface area contributed by atoms with Gasteiger partial charge in [0.15, 0.2) is 0 Å². The Kier molecular flexibility index (Phi) is 8.26. The molecule has 0 bridgehead atoms. The predicted molar refractivity (Wildman–Crippen MR) is 82.1 cm³/mol. The molecule has 0 fully saturated rings. The van der Waals surface area contributed by atoms with Crippen LogP contribution in [0.25, 0.3) is 0 Å². The molecule has 20 heavy (non-hydrogen) atoms. The van der Waals surface area contributed by atoms with E-state index in [9.17, 15) is 4.79 Å². The molecule has 0 radical (unpaired) electrons. The zero-order chi connectivity index (χ0) is 14.4. The zero-order valence-electron chi connectivity index (χ0n) is 12.4. The normalized spacial score (nSPS) is 14.9. The van der Waals surface area contributed by atoms with Crippen LogP contribution in [0.1, 0.15) is 27.7 Å². The Morgan fingerprint density at radius 1 is 1.10 bits per heavy atom. The molecule has 2 N–H and O–H groups in total. The average Bonchev–Trinajstić information content (AvgIpc) is 2.36. The number of rotatable bonds is 6. The Morgan fingerprint density at radius 3 is 2.10 bits per heavy atom. The first kappa shape index (κ1) is 18.7. The largest absolute Gasteiger partial charge is 0.486 e. The predicted octanol–water partition coefficient (Wildman–Crippen LogP) is 2.79. The molecule has 0 saturated carbocycles. The third kappa shape index (κ3) is 5.80. The van der Waals surface area contributed by atoms with E-state index in [0.717, 1.165) is 5.75 Å². The van der Waals surface area contributed by atoms with Crippen LogP contribution in [0.15, 0.2) is 30.3 Å². The average molecular weight is 302 g/mol. The molecule has 0 saturated heterocycles. The summed E-state index contributed by atoms with van der Waals surface area (Å²) in [5.41, 5.74) is 5.50. The summed E-state index contributed by atoms with van der Waals surface area (Å²) in [7, 11) is 0. The summed E-state index contributed by atoms with van der Waals surface area (Å²) in [6.45, 7) is 7.50. The van der Waals surface area contributed by atoms with Crippen LogP contribution in [0.5, 0.6) is 5.75 Å². The van der Waals surface area contributed by atoms with Crippen molar-refractivity contribution >= 4 is 18.4 Å². The van der Waals surface area contributed by atoms with Crippen molar-refractivity contribution in [2.24, 2.45) is 11.7 Å². The summed E-state index contributed by atoms with van der Waals surface area (Å²) in [6.07, 6.45) is -0.552. The molecule has 5 heteroatoms. The molecule has 0 spiro atoms. The Bertz CT molecular complexity index is 395. The van der Waals surface area contributed by atoms with Gasteiger partial charge in [-0.1, -0.05) is 32.0 Å². The van der Waals surface area contributed by atoms with E-state index in [0.29, 0.717) is 0 Å². The number of esters is 1. The van der Waals surface area contributed by atoms with E-state index < -0.39 is 12.0 Å². The van der Waals surface area contributed by atoms with Gasteiger partial charge in [-0.15, -0.1) is 12.4 Å². The molecule has 0 unspecified atom stereocenters. The highest BCUT2D eigenvalue weighted by Crippen LogP contribution is 2.19. The SMILES string of the molecule is CC(C)[C@H](Oc1ccccc1)[C@@H](C)OC(=O)[C@@H](C)N.Cl. The maximum absolute atomic E-state index is 11.5. The third-order valence-corrected chi connectivity index (χ3v) is 2.81. The van der Waals surface area contributed by atoms with E-state index >= 15 is 0 Å². The number of carbonyl (C=O) groups excluding carboxylic acids is 1. The molecular formula is C15H24ClNO3. The van der Waals surface area contributed by atoms with Gasteiger partial charge in [-0.2, -0.15) is 0 Å². The number of benzene rings is 1. The second kappa shape index (κ2) is 8.82. The molecule has 1 rings (SSSR count). The Labute approximate surface area is 127 Å². The van der Waals surface area contributed by atoms with E-state index in [1.807, 2.05) is 51.1 Å². The van der Waals surface area contributed by atoms with Crippen LogP contribution in [0, 0.1) is 5.92 Å². The maximum Gasteiger partial charge on any atom is 0.323 e. The molecule has 4 nitrogen and oxygen atoms in total. The second-order valence-corrected chi connectivity index (χ2v) is 5.07. The first-order valence-corrected chi connectivity index (χ1v) is 6.59. The summed E-state index contributed by atoms with van der Waals surface area (Å²) < 4.78 is 11.2. The van der Waals surface area contributed by atoms with Gasteiger partial charge in [0.05, 0.1) is 0 Å². The Balaban J connectivity index is 0.00000361. The highest BCUT2D eigenvalue weighted by molar-refractivity contribution is 5.85. The van der Waals surface area contributed by atoms with Crippen molar-refractivity contribution < 1.29 is 14.3 Å². The van der Waals surface area contributed by atoms with Gasteiger partial charge >= 0.3 is 5.97 Å². The van der Waals surface area contributed by atoms with Gasteiger partial charge in [-0.3, -0.25) is 4.79 Å². The van der Waals surface area contributed by atoms with E-state index in [2.05, 4.69) is 0 Å². The monoisotopic (exact) mass is 301 g/mol. The fraction of sp³-hybridized carbons (Fsp3) is 0.533. The van der Waals surface area contributed by atoms with Gasteiger partial charge in [0.2, 0.25) is 0 Å². The van der Waals surface area contributed by atoms with Crippen LogP contribution in [0.4, 0.5) is 0 Å². The number of ether oxygens (including phenoxy) is 2. The molecular weight excluding hydrogens is 278 g/mol. The Hall–Kier alpha value is -1.26. The van der Waals surface area contributed by atoms with Gasteiger partial charge in [-0.25, -0.2) is 0 Å². The van der Waals surface area contributed by atoms with Crippen LogP contribution >= 0.6 is 12.4 Å². The minimum atomic E-state index is -0.619. The second-order valence-electron chi connectivity index (χ2n) is 5.07. The highest BCUT2D eigenvalue weighted by atomic mass is 35.5. The lowest BCUT2D eigenvalue weighted by Gasteiger charge is -2.28. The van der Waals surface area contributed by atoms with E-state index in [1.54, 1.807) is 6.92 Å². The fourth-order valence-electron chi connectivity index (χ4n) is 1.79. The molecule has 0 aliphatic rings. The topological polar surface area (TPSA) is 61.5 Å². The number of nitrogens with two attached hydrogens (primary N) is 1.